The van der Waals surface area contributed by atoms with Gasteiger partial charge in [0.05, 0.1) is 18.0 Å². The molecule has 1 saturated heterocycles. The highest BCUT2D eigenvalue weighted by Crippen LogP contribution is 2.26. The molecule has 10 heteroatoms. The molecule has 2 amide bonds. The fraction of sp³-hybridized carbons (Fsp3) is 0.529. The van der Waals surface area contributed by atoms with E-state index in [1.54, 1.807) is 17.0 Å². The number of amides is 2. The third-order valence-corrected chi connectivity index (χ3v) is 6.82. The molecule has 1 aliphatic heterocycles. The van der Waals surface area contributed by atoms with Gasteiger partial charge in [0.2, 0.25) is 21.8 Å². The molecule has 0 bridgehead atoms. The van der Waals surface area contributed by atoms with Crippen molar-refractivity contribution in [1.29, 1.82) is 0 Å². The van der Waals surface area contributed by atoms with Gasteiger partial charge in [-0.1, -0.05) is 6.07 Å². The first-order valence-corrected chi connectivity index (χ1v) is 10.2. The molecule has 150 valence electrons. The quantitative estimate of drug-likeness (QED) is 0.672. The molecule has 1 fully saturated rings. The summed E-state index contributed by atoms with van der Waals surface area (Å²) in [4.78, 5) is 25.1. The average Bonchev–Trinajstić information content (AvgIpc) is 3.13. The van der Waals surface area contributed by atoms with Gasteiger partial charge in [0.15, 0.2) is 0 Å². The maximum Gasteiger partial charge on any atom is 0.243 e. The van der Waals surface area contributed by atoms with Gasteiger partial charge in [-0.05, 0) is 42.5 Å². The zero-order chi connectivity index (χ0) is 18.7. The predicted octanol–water partition coefficient (Wildman–Crippen LogP) is -0.495. The summed E-state index contributed by atoms with van der Waals surface area (Å²) >= 11 is 0. The summed E-state index contributed by atoms with van der Waals surface area (Å²) in [6.45, 7) is 0.822. The highest BCUT2D eigenvalue weighted by Gasteiger charge is 2.30. The Morgan fingerprint density at radius 3 is 2.41 bits per heavy atom. The van der Waals surface area contributed by atoms with Crippen molar-refractivity contribution >= 4 is 34.2 Å². The number of hydrogen-bond acceptors (Lipinski definition) is 5. The normalized spacial score (nSPS) is 17.1. The minimum atomic E-state index is -3.55. The molecule has 0 unspecified atom stereocenters. The van der Waals surface area contributed by atoms with Gasteiger partial charge in [0.25, 0.3) is 0 Å². The van der Waals surface area contributed by atoms with Crippen molar-refractivity contribution in [2.75, 3.05) is 39.3 Å². The molecule has 2 aliphatic rings. The number of rotatable bonds is 5. The average molecular weight is 417 g/mol. The van der Waals surface area contributed by atoms with Crippen molar-refractivity contribution in [2.45, 2.75) is 24.2 Å². The van der Waals surface area contributed by atoms with Crippen molar-refractivity contribution in [2.24, 2.45) is 5.73 Å². The number of nitrogens with one attached hydrogen (secondary N) is 1. The highest BCUT2D eigenvalue weighted by molar-refractivity contribution is 7.89. The number of piperazine rings is 1. The summed E-state index contributed by atoms with van der Waals surface area (Å²) < 4.78 is 27.2. The first kappa shape index (κ1) is 21.6. The van der Waals surface area contributed by atoms with E-state index < -0.39 is 15.9 Å². The van der Waals surface area contributed by atoms with E-state index in [9.17, 15) is 18.0 Å². The molecule has 0 aromatic heterocycles. The number of halogens is 1. The molecule has 0 atom stereocenters. The van der Waals surface area contributed by atoms with Crippen LogP contribution in [0.4, 0.5) is 0 Å². The standard InChI is InChI=1S/C17H24N4O4S.ClH/c18-11-16(22)19-12-17(23)20-6-8-21(9-7-20)26(24,25)15-5-4-13-2-1-3-14(13)10-15;/h4-5,10H,1-3,6-9,11-12,18H2,(H,19,22);1H. The van der Waals surface area contributed by atoms with Crippen LogP contribution in [0.25, 0.3) is 0 Å². The van der Waals surface area contributed by atoms with Crippen LogP contribution >= 0.6 is 12.4 Å². The number of carbonyl (C=O) groups is 2. The Balaban J connectivity index is 0.00000261. The molecule has 27 heavy (non-hydrogen) atoms. The van der Waals surface area contributed by atoms with Crippen molar-refractivity contribution in [1.82, 2.24) is 14.5 Å². The summed E-state index contributed by atoms with van der Waals surface area (Å²) in [5.74, 6) is -0.627. The van der Waals surface area contributed by atoms with Gasteiger partial charge < -0.3 is 16.0 Å². The van der Waals surface area contributed by atoms with Crippen molar-refractivity contribution in [3.05, 3.63) is 29.3 Å². The van der Waals surface area contributed by atoms with E-state index in [0.717, 1.165) is 24.8 Å². The molecular formula is C17H25ClN4O4S. The van der Waals surface area contributed by atoms with Gasteiger partial charge in [0.1, 0.15) is 0 Å². The number of fused-ring (bicyclic) bond motifs is 1. The Labute approximate surface area is 165 Å². The molecule has 1 heterocycles. The van der Waals surface area contributed by atoms with E-state index >= 15 is 0 Å². The molecular weight excluding hydrogens is 392 g/mol. The monoisotopic (exact) mass is 416 g/mol. The molecule has 0 saturated carbocycles. The summed E-state index contributed by atoms with van der Waals surface area (Å²) in [5.41, 5.74) is 7.54. The van der Waals surface area contributed by atoms with E-state index in [2.05, 4.69) is 5.32 Å². The highest BCUT2D eigenvalue weighted by atomic mass is 35.5. The SMILES string of the molecule is Cl.NCC(=O)NCC(=O)N1CCN(S(=O)(=O)c2ccc3c(c2)CCC3)CC1. The third-order valence-electron chi connectivity index (χ3n) is 4.92. The number of aryl methyl sites for hydroxylation is 2. The number of benzene rings is 1. The predicted molar refractivity (Wildman–Crippen MR) is 103 cm³/mol. The van der Waals surface area contributed by atoms with Gasteiger partial charge in [0, 0.05) is 26.2 Å². The van der Waals surface area contributed by atoms with Crippen LogP contribution in [0.2, 0.25) is 0 Å². The third kappa shape index (κ3) is 4.78. The van der Waals surface area contributed by atoms with Gasteiger partial charge in [-0.15, -0.1) is 12.4 Å². The molecule has 1 aliphatic carbocycles. The van der Waals surface area contributed by atoms with Gasteiger partial charge in [-0.2, -0.15) is 4.31 Å². The van der Waals surface area contributed by atoms with Crippen LogP contribution < -0.4 is 11.1 Å². The lowest BCUT2D eigenvalue weighted by Gasteiger charge is -2.34. The maximum atomic E-state index is 12.9. The zero-order valence-electron chi connectivity index (χ0n) is 15.0. The first-order chi connectivity index (χ1) is 12.4. The van der Waals surface area contributed by atoms with E-state index in [1.165, 1.54) is 9.87 Å². The molecule has 1 aromatic carbocycles. The second-order valence-corrected chi connectivity index (χ2v) is 8.49. The lowest BCUT2D eigenvalue weighted by atomic mass is 10.1. The Kier molecular flexibility index (Phi) is 7.21. The van der Waals surface area contributed by atoms with E-state index in [0.29, 0.717) is 18.0 Å². The van der Waals surface area contributed by atoms with Gasteiger partial charge in [-0.3, -0.25) is 9.59 Å². The second-order valence-electron chi connectivity index (χ2n) is 6.55. The summed E-state index contributed by atoms with van der Waals surface area (Å²) in [6, 6.07) is 5.38. The first-order valence-electron chi connectivity index (χ1n) is 8.78. The molecule has 1 aromatic rings. The Morgan fingerprint density at radius 1 is 1.07 bits per heavy atom. The van der Waals surface area contributed by atoms with Crippen molar-refractivity contribution < 1.29 is 18.0 Å². The topological polar surface area (TPSA) is 113 Å². The molecule has 3 N–H and O–H groups in total. The number of nitrogens with zero attached hydrogens (tertiary/aromatic N) is 2. The Hall–Kier alpha value is -1.68. The lowest BCUT2D eigenvalue weighted by Crippen LogP contribution is -2.52. The van der Waals surface area contributed by atoms with Crippen LogP contribution in [0, 0.1) is 0 Å². The molecule has 3 rings (SSSR count). The van der Waals surface area contributed by atoms with Gasteiger partial charge in [-0.25, -0.2) is 8.42 Å². The van der Waals surface area contributed by atoms with Gasteiger partial charge >= 0.3 is 0 Å². The molecule has 0 radical (unpaired) electrons. The minimum Gasteiger partial charge on any atom is -0.346 e. The largest absolute Gasteiger partial charge is 0.346 e. The smallest absolute Gasteiger partial charge is 0.243 e. The van der Waals surface area contributed by atoms with Crippen LogP contribution in [0.5, 0.6) is 0 Å². The van der Waals surface area contributed by atoms with E-state index in [4.69, 9.17) is 5.73 Å². The Bertz CT molecular complexity index is 807. The number of sulfonamides is 1. The number of nitrogens with two attached hydrogens (primary N) is 1. The fourth-order valence-electron chi connectivity index (χ4n) is 3.39. The molecule has 0 spiro atoms. The lowest BCUT2D eigenvalue weighted by molar-refractivity contribution is -0.133. The minimum absolute atomic E-state index is 0. The summed E-state index contributed by atoms with van der Waals surface area (Å²) in [7, 11) is -3.55. The van der Waals surface area contributed by atoms with Crippen LogP contribution in [0.3, 0.4) is 0 Å². The van der Waals surface area contributed by atoms with Crippen molar-refractivity contribution in [3.63, 3.8) is 0 Å². The van der Waals surface area contributed by atoms with E-state index in [-0.39, 0.29) is 44.5 Å². The van der Waals surface area contributed by atoms with Crippen LogP contribution in [-0.2, 0) is 32.5 Å². The Morgan fingerprint density at radius 2 is 1.74 bits per heavy atom. The van der Waals surface area contributed by atoms with Crippen LogP contribution in [0.1, 0.15) is 17.5 Å². The van der Waals surface area contributed by atoms with Crippen LogP contribution in [-0.4, -0.2) is 68.7 Å². The number of hydrogen-bond donors (Lipinski definition) is 2. The zero-order valence-corrected chi connectivity index (χ0v) is 16.7. The van der Waals surface area contributed by atoms with Crippen LogP contribution in [0.15, 0.2) is 23.1 Å². The summed E-state index contributed by atoms with van der Waals surface area (Å²) in [6.07, 6.45) is 3.01. The second kappa shape index (κ2) is 9.01. The van der Waals surface area contributed by atoms with E-state index in [1.807, 2.05) is 6.07 Å². The maximum absolute atomic E-state index is 12.9. The fourth-order valence-corrected chi connectivity index (χ4v) is 4.87. The summed E-state index contributed by atoms with van der Waals surface area (Å²) in [5, 5.41) is 2.43. The van der Waals surface area contributed by atoms with Crippen molar-refractivity contribution in [3.8, 4) is 0 Å². The molecule has 8 nitrogen and oxygen atoms in total. The number of carbonyl (C=O) groups excluding carboxylic acids is 2.